The van der Waals surface area contributed by atoms with Gasteiger partial charge in [0.2, 0.25) is 0 Å². The molecule has 1 aromatic rings. The van der Waals surface area contributed by atoms with Crippen molar-refractivity contribution in [2.45, 2.75) is 59.5 Å². The van der Waals surface area contributed by atoms with Crippen LogP contribution in [0.3, 0.4) is 0 Å². The van der Waals surface area contributed by atoms with Crippen LogP contribution in [-0.2, 0) is 11.3 Å². The number of nitrogens with zero attached hydrogens (tertiary/aromatic N) is 2. The molecule has 0 spiro atoms. The van der Waals surface area contributed by atoms with Gasteiger partial charge < -0.3 is 10.1 Å². The summed E-state index contributed by atoms with van der Waals surface area (Å²) in [6, 6.07) is 0.382. The van der Waals surface area contributed by atoms with Crippen molar-refractivity contribution < 1.29 is 4.74 Å². The van der Waals surface area contributed by atoms with Crippen molar-refractivity contribution >= 4 is 0 Å². The molecule has 4 nitrogen and oxygen atoms in total. The highest BCUT2D eigenvalue weighted by molar-refractivity contribution is 5.27. The Kier molecular flexibility index (Phi) is 7.10. The van der Waals surface area contributed by atoms with E-state index in [0.717, 1.165) is 44.7 Å². The van der Waals surface area contributed by atoms with Crippen LogP contribution in [0.2, 0.25) is 0 Å². The van der Waals surface area contributed by atoms with E-state index in [2.05, 4.69) is 42.8 Å². The van der Waals surface area contributed by atoms with Crippen LogP contribution >= 0.6 is 0 Å². The summed E-state index contributed by atoms with van der Waals surface area (Å²) in [5.41, 5.74) is 3.81. The maximum Gasteiger partial charge on any atom is 0.0644 e. The van der Waals surface area contributed by atoms with Crippen molar-refractivity contribution in [3.8, 4) is 0 Å². The average Bonchev–Trinajstić information content (AvgIpc) is 2.67. The van der Waals surface area contributed by atoms with Crippen LogP contribution in [0.25, 0.3) is 0 Å². The highest BCUT2D eigenvalue weighted by atomic mass is 16.5. The fourth-order valence-corrected chi connectivity index (χ4v) is 2.53. The summed E-state index contributed by atoms with van der Waals surface area (Å²) in [5.74, 6) is 0. The Balaban J connectivity index is 2.65. The molecule has 1 unspecified atom stereocenters. The average molecular weight is 267 g/mol. The summed E-state index contributed by atoms with van der Waals surface area (Å²) in [7, 11) is 1.75. The second-order valence-corrected chi connectivity index (χ2v) is 5.18. The highest BCUT2D eigenvalue weighted by Crippen LogP contribution is 2.21. The maximum atomic E-state index is 5.08. The predicted molar refractivity (Wildman–Crippen MR) is 79.5 cm³/mol. The third kappa shape index (κ3) is 4.62. The second kappa shape index (κ2) is 8.33. The first-order valence-electron chi connectivity index (χ1n) is 7.38. The van der Waals surface area contributed by atoms with Crippen LogP contribution in [0.5, 0.6) is 0 Å². The number of aryl methyl sites for hydroxylation is 2. The van der Waals surface area contributed by atoms with Gasteiger partial charge in [-0.15, -0.1) is 0 Å². The summed E-state index contributed by atoms with van der Waals surface area (Å²) in [6.07, 6.45) is 3.37. The van der Waals surface area contributed by atoms with E-state index in [0.29, 0.717) is 6.04 Å². The lowest BCUT2D eigenvalue weighted by Gasteiger charge is -2.14. The molecule has 1 atom stereocenters. The van der Waals surface area contributed by atoms with E-state index < -0.39 is 0 Å². The zero-order valence-corrected chi connectivity index (χ0v) is 13.1. The van der Waals surface area contributed by atoms with Gasteiger partial charge in [0, 0.05) is 37.6 Å². The summed E-state index contributed by atoms with van der Waals surface area (Å²) < 4.78 is 7.23. The van der Waals surface area contributed by atoms with Gasteiger partial charge in [-0.2, -0.15) is 5.10 Å². The van der Waals surface area contributed by atoms with Gasteiger partial charge in [0.15, 0.2) is 0 Å². The predicted octanol–water partition coefficient (Wildman–Crippen LogP) is 2.99. The molecule has 0 saturated carbocycles. The van der Waals surface area contributed by atoms with Crippen molar-refractivity contribution in [3.63, 3.8) is 0 Å². The van der Waals surface area contributed by atoms with Gasteiger partial charge in [-0.25, -0.2) is 0 Å². The number of nitrogens with one attached hydrogen (secondary N) is 1. The van der Waals surface area contributed by atoms with Gasteiger partial charge in [0.25, 0.3) is 0 Å². The standard InChI is InChI=1S/C15H29N3O/c1-6-9-16-12(2)15-13(3)17-18(14(15)4)10-7-8-11-19-5/h12,16H,6-11H2,1-5H3. The van der Waals surface area contributed by atoms with Gasteiger partial charge in [0.1, 0.15) is 0 Å². The molecular weight excluding hydrogens is 238 g/mol. The van der Waals surface area contributed by atoms with Crippen LogP contribution in [0.1, 0.15) is 56.1 Å². The van der Waals surface area contributed by atoms with Crippen molar-refractivity contribution in [1.82, 2.24) is 15.1 Å². The lowest BCUT2D eigenvalue weighted by Crippen LogP contribution is -2.20. The van der Waals surface area contributed by atoms with Gasteiger partial charge in [0.05, 0.1) is 5.69 Å². The topological polar surface area (TPSA) is 39.1 Å². The molecule has 1 heterocycles. The van der Waals surface area contributed by atoms with Gasteiger partial charge in [-0.05, 0) is 46.6 Å². The van der Waals surface area contributed by atoms with E-state index in [1.807, 2.05) is 0 Å². The van der Waals surface area contributed by atoms with Crippen molar-refractivity contribution in [2.24, 2.45) is 0 Å². The first-order valence-corrected chi connectivity index (χ1v) is 7.38. The minimum Gasteiger partial charge on any atom is -0.385 e. The number of aromatic nitrogens is 2. The second-order valence-electron chi connectivity index (χ2n) is 5.18. The third-order valence-corrected chi connectivity index (χ3v) is 3.54. The number of hydrogen-bond acceptors (Lipinski definition) is 3. The largest absolute Gasteiger partial charge is 0.385 e. The molecule has 0 amide bonds. The molecule has 0 aliphatic rings. The van der Waals surface area contributed by atoms with E-state index in [9.17, 15) is 0 Å². The van der Waals surface area contributed by atoms with Crippen molar-refractivity contribution in [2.75, 3.05) is 20.3 Å². The van der Waals surface area contributed by atoms with E-state index >= 15 is 0 Å². The minimum atomic E-state index is 0.382. The molecule has 0 radical (unpaired) electrons. The lowest BCUT2D eigenvalue weighted by molar-refractivity contribution is 0.191. The number of ether oxygens (including phenoxy) is 1. The molecule has 0 aliphatic carbocycles. The Bertz CT molecular complexity index is 374. The number of unbranched alkanes of at least 4 members (excludes halogenated alkanes) is 1. The Hall–Kier alpha value is -0.870. The quantitative estimate of drug-likeness (QED) is 0.699. The van der Waals surface area contributed by atoms with Crippen LogP contribution in [-0.4, -0.2) is 30.0 Å². The van der Waals surface area contributed by atoms with Crippen LogP contribution in [0.15, 0.2) is 0 Å². The molecule has 110 valence electrons. The monoisotopic (exact) mass is 267 g/mol. The highest BCUT2D eigenvalue weighted by Gasteiger charge is 2.16. The summed E-state index contributed by atoms with van der Waals surface area (Å²) >= 11 is 0. The molecule has 0 aromatic carbocycles. The summed E-state index contributed by atoms with van der Waals surface area (Å²) in [4.78, 5) is 0. The van der Waals surface area contributed by atoms with E-state index in [-0.39, 0.29) is 0 Å². The van der Waals surface area contributed by atoms with E-state index in [4.69, 9.17) is 4.74 Å². The fourth-order valence-electron chi connectivity index (χ4n) is 2.53. The Morgan fingerprint density at radius 2 is 2.05 bits per heavy atom. The number of rotatable bonds is 9. The summed E-state index contributed by atoms with van der Waals surface area (Å²) in [6.45, 7) is 11.6. The van der Waals surface area contributed by atoms with Gasteiger partial charge >= 0.3 is 0 Å². The van der Waals surface area contributed by atoms with E-state index in [1.54, 1.807) is 7.11 Å². The molecule has 1 N–H and O–H groups in total. The zero-order chi connectivity index (χ0) is 14.3. The molecule has 0 saturated heterocycles. The SMILES string of the molecule is CCCNC(C)c1c(C)nn(CCCCOC)c1C. The molecule has 0 fully saturated rings. The third-order valence-electron chi connectivity index (χ3n) is 3.54. The molecule has 1 aromatic heterocycles. The first kappa shape index (κ1) is 16.2. The van der Waals surface area contributed by atoms with Crippen LogP contribution < -0.4 is 5.32 Å². The first-order chi connectivity index (χ1) is 9.11. The summed E-state index contributed by atoms with van der Waals surface area (Å²) in [5, 5.41) is 8.22. The molecule has 0 aliphatic heterocycles. The van der Waals surface area contributed by atoms with Crippen LogP contribution in [0.4, 0.5) is 0 Å². The van der Waals surface area contributed by atoms with E-state index in [1.165, 1.54) is 11.3 Å². The van der Waals surface area contributed by atoms with Gasteiger partial charge in [-0.1, -0.05) is 6.92 Å². The number of hydrogen-bond donors (Lipinski definition) is 1. The Labute approximate surface area is 117 Å². The fraction of sp³-hybridized carbons (Fsp3) is 0.800. The van der Waals surface area contributed by atoms with Crippen molar-refractivity contribution in [1.29, 1.82) is 0 Å². The Morgan fingerprint density at radius 1 is 1.32 bits per heavy atom. The van der Waals surface area contributed by atoms with Gasteiger partial charge in [-0.3, -0.25) is 4.68 Å². The Morgan fingerprint density at radius 3 is 2.68 bits per heavy atom. The smallest absolute Gasteiger partial charge is 0.0644 e. The lowest BCUT2D eigenvalue weighted by atomic mass is 10.1. The normalized spacial score (nSPS) is 12.9. The zero-order valence-electron chi connectivity index (χ0n) is 13.1. The molecular formula is C15H29N3O. The minimum absolute atomic E-state index is 0.382. The molecule has 4 heteroatoms. The number of methoxy groups -OCH3 is 1. The molecule has 0 bridgehead atoms. The maximum absolute atomic E-state index is 5.08. The van der Waals surface area contributed by atoms with Crippen molar-refractivity contribution in [3.05, 3.63) is 17.0 Å². The molecule has 1 rings (SSSR count). The van der Waals surface area contributed by atoms with Crippen LogP contribution in [0, 0.1) is 13.8 Å². The molecule has 19 heavy (non-hydrogen) atoms.